The van der Waals surface area contributed by atoms with Crippen molar-refractivity contribution in [3.63, 3.8) is 0 Å². The maximum Gasteiger partial charge on any atom is 0.0958 e. The number of aromatic nitrogens is 1. The molecular formula is C15H23N3OS. The van der Waals surface area contributed by atoms with Gasteiger partial charge in [0.05, 0.1) is 30.1 Å². The van der Waals surface area contributed by atoms with Crippen LogP contribution in [0.4, 0.5) is 5.69 Å². The van der Waals surface area contributed by atoms with E-state index in [1.165, 1.54) is 18.5 Å². The summed E-state index contributed by atoms with van der Waals surface area (Å²) in [5, 5.41) is 1.09. The largest absolute Gasteiger partial charge is 0.379 e. The highest BCUT2D eigenvalue weighted by atomic mass is 32.2. The molecule has 3 heterocycles. The number of rotatable bonds is 3. The average Bonchev–Trinajstić information content (AvgIpc) is 2.56. The molecule has 0 saturated carbocycles. The second-order valence-electron chi connectivity index (χ2n) is 5.43. The fourth-order valence-corrected chi connectivity index (χ4v) is 3.47. The first-order chi connectivity index (χ1) is 9.86. The quantitative estimate of drug-likeness (QED) is 0.796. The van der Waals surface area contributed by atoms with Gasteiger partial charge in [0.1, 0.15) is 0 Å². The standard InChI is InChI=1S/C15H23N3OS/c1-20-15-3-2-14(12-16-15)17-6-4-13(5-7-17)18-8-10-19-11-9-18/h2-3,12-13H,4-11H2,1H3. The lowest BCUT2D eigenvalue weighted by atomic mass is 10.0. The van der Waals surface area contributed by atoms with Crippen molar-refractivity contribution in [1.29, 1.82) is 0 Å². The maximum atomic E-state index is 5.44. The van der Waals surface area contributed by atoms with Crippen LogP contribution in [0, 0.1) is 0 Å². The van der Waals surface area contributed by atoms with Crippen molar-refractivity contribution in [1.82, 2.24) is 9.88 Å². The van der Waals surface area contributed by atoms with Crippen molar-refractivity contribution in [2.24, 2.45) is 0 Å². The minimum absolute atomic E-state index is 0.744. The van der Waals surface area contributed by atoms with E-state index in [1.54, 1.807) is 11.8 Å². The SMILES string of the molecule is CSc1ccc(N2CCC(N3CCOCC3)CC2)cn1. The highest BCUT2D eigenvalue weighted by molar-refractivity contribution is 7.98. The fraction of sp³-hybridized carbons (Fsp3) is 0.667. The van der Waals surface area contributed by atoms with Crippen molar-refractivity contribution in [2.45, 2.75) is 23.9 Å². The van der Waals surface area contributed by atoms with Gasteiger partial charge in [-0.25, -0.2) is 4.98 Å². The number of morpholine rings is 1. The van der Waals surface area contributed by atoms with E-state index in [1.807, 2.05) is 6.20 Å². The molecule has 0 bridgehead atoms. The number of piperidine rings is 1. The van der Waals surface area contributed by atoms with Crippen molar-refractivity contribution < 1.29 is 4.74 Å². The van der Waals surface area contributed by atoms with Gasteiger partial charge in [-0.05, 0) is 31.2 Å². The van der Waals surface area contributed by atoms with E-state index >= 15 is 0 Å². The van der Waals surface area contributed by atoms with E-state index in [4.69, 9.17) is 4.74 Å². The van der Waals surface area contributed by atoms with Gasteiger partial charge in [0.15, 0.2) is 0 Å². The maximum absolute atomic E-state index is 5.44. The zero-order valence-electron chi connectivity index (χ0n) is 12.1. The molecular weight excluding hydrogens is 270 g/mol. The number of ether oxygens (including phenoxy) is 1. The molecule has 0 amide bonds. The number of hydrogen-bond donors (Lipinski definition) is 0. The van der Waals surface area contributed by atoms with E-state index in [0.29, 0.717) is 0 Å². The normalized spacial score (nSPS) is 22.1. The highest BCUT2D eigenvalue weighted by Crippen LogP contribution is 2.24. The van der Waals surface area contributed by atoms with Crippen molar-refractivity contribution in [3.8, 4) is 0 Å². The van der Waals surface area contributed by atoms with Crippen LogP contribution in [0.5, 0.6) is 0 Å². The first kappa shape index (κ1) is 14.2. The second kappa shape index (κ2) is 6.78. The second-order valence-corrected chi connectivity index (χ2v) is 6.25. The number of pyridine rings is 1. The molecule has 2 fully saturated rings. The van der Waals surface area contributed by atoms with Crippen LogP contribution in [0.25, 0.3) is 0 Å². The van der Waals surface area contributed by atoms with Crippen LogP contribution in [0.2, 0.25) is 0 Å². The first-order valence-electron chi connectivity index (χ1n) is 7.43. The molecule has 0 aromatic carbocycles. The molecule has 0 atom stereocenters. The molecule has 0 N–H and O–H groups in total. The van der Waals surface area contributed by atoms with Crippen LogP contribution >= 0.6 is 11.8 Å². The van der Waals surface area contributed by atoms with Gasteiger partial charge in [-0.3, -0.25) is 4.90 Å². The third-order valence-corrected chi connectivity index (χ3v) is 4.98. The van der Waals surface area contributed by atoms with Crippen molar-refractivity contribution >= 4 is 17.4 Å². The van der Waals surface area contributed by atoms with Gasteiger partial charge in [-0.1, -0.05) is 0 Å². The van der Waals surface area contributed by atoms with Crippen LogP contribution in [0.1, 0.15) is 12.8 Å². The van der Waals surface area contributed by atoms with E-state index in [-0.39, 0.29) is 0 Å². The minimum atomic E-state index is 0.744. The molecule has 3 rings (SSSR count). The molecule has 0 radical (unpaired) electrons. The van der Waals surface area contributed by atoms with Crippen molar-refractivity contribution in [2.75, 3.05) is 50.5 Å². The monoisotopic (exact) mass is 293 g/mol. The molecule has 1 aromatic heterocycles. The Morgan fingerprint density at radius 3 is 2.50 bits per heavy atom. The van der Waals surface area contributed by atoms with Gasteiger partial charge in [0.2, 0.25) is 0 Å². The highest BCUT2D eigenvalue weighted by Gasteiger charge is 2.25. The Balaban J connectivity index is 1.54. The molecule has 2 aliphatic heterocycles. The lowest BCUT2D eigenvalue weighted by Crippen LogP contribution is -2.49. The predicted octanol–water partition coefficient (Wildman–Crippen LogP) is 2.10. The predicted molar refractivity (Wildman–Crippen MR) is 83.6 cm³/mol. The molecule has 1 aromatic rings. The molecule has 2 aliphatic rings. The van der Waals surface area contributed by atoms with Gasteiger partial charge in [-0.15, -0.1) is 11.8 Å². The summed E-state index contributed by atoms with van der Waals surface area (Å²) in [4.78, 5) is 9.55. The van der Waals surface area contributed by atoms with Gasteiger partial charge in [0.25, 0.3) is 0 Å². The third kappa shape index (κ3) is 3.27. The van der Waals surface area contributed by atoms with Gasteiger partial charge in [-0.2, -0.15) is 0 Å². The fourth-order valence-electron chi connectivity index (χ4n) is 3.11. The Kier molecular flexibility index (Phi) is 4.81. The lowest BCUT2D eigenvalue weighted by molar-refractivity contribution is 0.0115. The smallest absolute Gasteiger partial charge is 0.0958 e. The Hall–Kier alpha value is -0.780. The number of thioether (sulfide) groups is 1. The summed E-state index contributed by atoms with van der Waals surface area (Å²) in [6, 6.07) is 5.07. The number of anilines is 1. The Labute approximate surface area is 125 Å². The first-order valence-corrected chi connectivity index (χ1v) is 8.66. The Morgan fingerprint density at radius 1 is 1.15 bits per heavy atom. The summed E-state index contributed by atoms with van der Waals surface area (Å²) in [5.74, 6) is 0. The molecule has 2 saturated heterocycles. The molecule has 0 spiro atoms. The zero-order chi connectivity index (χ0) is 13.8. The van der Waals surface area contributed by atoms with Crippen LogP contribution in [-0.4, -0.2) is 61.6 Å². The topological polar surface area (TPSA) is 28.6 Å². The van der Waals surface area contributed by atoms with E-state index in [9.17, 15) is 0 Å². The minimum Gasteiger partial charge on any atom is -0.379 e. The summed E-state index contributed by atoms with van der Waals surface area (Å²) < 4.78 is 5.44. The van der Waals surface area contributed by atoms with Crippen molar-refractivity contribution in [3.05, 3.63) is 18.3 Å². The molecule has 4 nitrogen and oxygen atoms in total. The van der Waals surface area contributed by atoms with Gasteiger partial charge in [0, 0.05) is 32.2 Å². The molecule has 20 heavy (non-hydrogen) atoms. The molecule has 0 unspecified atom stereocenters. The zero-order valence-corrected chi connectivity index (χ0v) is 12.9. The summed E-state index contributed by atoms with van der Waals surface area (Å²) in [6.45, 7) is 6.30. The van der Waals surface area contributed by atoms with Crippen LogP contribution in [0.15, 0.2) is 23.4 Å². The third-order valence-electron chi connectivity index (χ3n) is 4.32. The lowest BCUT2D eigenvalue weighted by Gasteiger charge is -2.40. The molecule has 5 heteroatoms. The van der Waals surface area contributed by atoms with E-state index in [0.717, 1.165) is 50.5 Å². The summed E-state index contributed by atoms with van der Waals surface area (Å²) in [5.41, 5.74) is 1.27. The summed E-state index contributed by atoms with van der Waals surface area (Å²) in [6.07, 6.45) is 6.59. The van der Waals surface area contributed by atoms with Gasteiger partial charge >= 0.3 is 0 Å². The van der Waals surface area contributed by atoms with Gasteiger partial charge < -0.3 is 9.64 Å². The number of nitrogens with zero attached hydrogens (tertiary/aromatic N) is 3. The summed E-state index contributed by atoms with van der Waals surface area (Å²) in [7, 11) is 0. The average molecular weight is 293 g/mol. The number of hydrogen-bond acceptors (Lipinski definition) is 5. The van der Waals surface area contributed by atoms with E-state index in [2.05, 4.69) is 33.2 Å². The van der Waals surface area contributed by atoms with E-state index < -0.39 is 0 Å². The van der Waals surface area contributed by atoms with Crippen LogP contribution < -0.4 is 4.90 Å². The van der Waals surface area contributed by atoms with Crippen LogP contribution in [0.3, 0.4) is 0 Å². The Bertz CT molecular complexity index is 412. The molecule has 110 valence electrons. The molecule has 0 aliphatic carbocycles. The summed E-state index contributed by atoms with van der Waals surface area (Å²) >= 11 is 1.70. The Morgan fingerprint density at radius 2 is 1.90 bits per heavy atom. The van der Waals surface area contributed by atoms with Crippen LogP contribution in [-0.2, 0) is 4.74 Å².